The molecule has 35 heavy (non-hydrogen) atoms. The number of ether oxygens (including phenoxy) is 1. The first-order valence-corrected chi connectivity index (χ1v) is 11.3. The molecule has 0 radical (unpaired) electrons. The molecule has 1 aliphatic heterocycles. The first-order chi connectivity index (χ1) is 17.1. The van der Waals surface area contributed by atoms with E-state index in [-0.39, 0.29) is 5.91 Å². The predicted molar refractivity (Wildman–Crippen MR) is 133 cm³/mol. The molecule has 4 aromatic rings. The van der Waals surface area contributed by atoms with E-state index < -0.39 is 6.29 Å². The minimum absolute atomic E-state index is 0.340. The number of nitrogens with zero attached hydrogens (tertiary/aromatic N) is 3. The molecule has 5 N–H and O–H groups in total. The minimum Gasteiger partial charge on any atom is -0.398 e. The first kappa shape index (κ1) is 22.5. The highest BCUT2D eigenvalue weighted by Crippen LogP contribution is 2.27. The number of anilines is 3. The van der Waals surface area contributed by atoms with Crippen molar-refractivity contribution in [3.8, 4) is 11.3 Å². The van der Waals surface area contributed by atoms with Crippen molar-refractivity contribution in [3.05, 3.63) is 72.2 Å². The van der Waals surface area contributed by atoms with Gasteiger partial charge in [0.2, 0.25) is 0 Å². The number of nitrogens with one attached hydrogen (secondary N) is 3. The number of hydroxylamine groups is 1. The van der Waals surface area contributed by atoms with E-state index in [0.29, 0.717) is 40.6 Å². The monoisotopic (exact) mass is 471 g/mol. The van der Waals surface area contributed by atoms with Crippen LogP contribution in [0.2, 0.25) is 0 Å². The van der Waals surface area contributed by atoms with E-state index >= 15 is 0 Å². The van der Waals surface area contributed by atoms with Crippen LogP contribution in [-0.4, -0.2) is 39.4 Å². The third-order valence-electron chi connectivity index (χ3n) is 5.74. The molecule has 0 saturated carbocycles. The third kappa shape index (κ3) is 4.98. The summed E-state index contributed by atoms with van der Waals surface area (Å²) in [6, 6.07) is 12.4. The SMILES string of the molecule is N=Cc1ccc(-c2cn3ccnc3c(Nc3ccc(C(=O)NOC4CCCCO4)cc3)n2)cc1N. The maximum atomic E-state index is 12.4. The molecule has 0 bridgehead atoms. The summed E-state index contributed by atoms with van der Waals surface area (Å²) in [5, 5.41) is 10.7. The number of amides is 1. The lowest BCUT2D eigenvalue weighted by Gasteiger charge is -2.22. The molecular weight excluding hydrogens is 446 g/mol. The fourth-order valence-electron chi connectivity index (χ4n) is 3.84. The fraction of sp³-hybridized carbons (Fsp3) is 0.200. The van der Waals surface area contributed by atoms with Gasteiger partial charge in [-0.05, 0) is 43.2 Å². The number of carbonyl (C=O) groups is 1. The van der Waals surface area contributed by atoms with Gasteiger partial charge in [0.25, 0.3) is 5.91 Å². The van der Waals surface area contributed by atoms with E-state index in [0.717, 1.165) is 30.5 Å². The molecule has 1 amide bonds. The van der Waals surface area contributed by atoms with Crippen LogP contribution >= 0.6 is 0 Å². The lowest BCUT2D eigenvalue weighted by Crippen LogP contribution is -2.33. The Morgan fingerprint density at radius 3 is 2.83 bits per heavy atom. The normalized spacial score (nSPS) is 15.6. The summed E-state index contributed by atoms with van der Waals surface area (Å²) >= 11 is 0. The second-order valence-electron chi connectivity index (χ2n) is 8.17. The molecule has 1 saturated heterocycles. The van der Waals surface area contributed by atoms with Gasteiger partial charge < -0.3 is 25.6 Å². The molecule has 0 aliphatic carbocycles. The van der Waals surface area contributed by atoms with Crippen molar-refractivity contribution in [2.75, 3.05) is 17.7 Å². The molecule has 3 heterocycles. The van der Waals surface area contributed by atoms with Crippen LogP contribution in [0.5, 0.6) is 0 Å². The van der Waals surface area contributed by atoms with Crippen molar-refractivity contribution >= 4 is 35.0 Å². The Morgan fingerprint density at radius 2 is 2.09 bits per heavy atom. The van der Waals surface area contributed by atoms with E-state index in [4.69, 9.17) is 25.7 Å². The number of hydrogen-bond donors (Lipinski definition) is 4. The summed E-state index contributed by atoms with van der Waals surface area (Å²) in [7, 11) is 0. The van der Waals surface area contributed by atoms with Gasteiger partial charge in [-0.15, -0.1) is 0 Å². The second kappa shape index (κ2) is 9.92. The number of rotatable bonds is 7. The van der Waals surface area contributed by atoms with Gasteiger partial charge in [-0.3, -0.25) is 4.79 Å². The Hall–Kier alpha value is -4.28. The van der Waals surface area contributed by atoms with Crippen molar-refractivity contribution in [3.63, 3.8) is 0 Å². The van der Waals surface area contributed by atoms with Gasteiger partial charge in [0.05, 0.1) is 5.69 Å². The van der Waals surface area contributed by atoms with Gasteiger partial charge in [-0.25, -0.2) is 20.3 Å². The van der Waals surface area contributed by atoms with E-state index in [9.17, 15) is 4.79 Å². The van der Waals surface area contributed by atoms with Gasteiger partial charge in [0.15, 0.2) is 17.8 Å². The van der Waals surface area contributed by atoms with Gasteiger partial charge in [-0.1, -0.05) is 12.1 Å². The lowest BCUT2D eigenvalue weighted by molar-refractivity contribution is -0.186. The number of hydrogen-bond acceptors (Lipinski definition) is 8. The molecule has 10 heteroatoms. The summed E-state index contributed by atoms with van der Waals surface area (Å²) in [6.07, 6.45) is 9.01. The smallest absolute Gasteiger partial charge is 0.274 e. The quantitative estimate of drug-likeness (QED) is 0.182. The molecule has 178 valence electrons. The summed E-state index contributed by atoms with van der Waals surface area (Å²) in [5.74, 6) is 0.213. The molecule has 1 fully saturated rings. The van der Waals surface area contributed by atoms with E-state index in [1.807, 2.05) is 22.9 Å². The molecule has 2 aromatic carbocycles. The Morgan fingerprint density at radius 1 is 1.23 bits per heavy atom. The largest absolute Gasteiger partial charge is 0.398 e. The Labute approximate surface area is 201 Å². The standard InChI is InChI=1S/C25H25N7O3/c26-14-18-5-4-17(13-20(18)27)21-15-32-11-10-28-24(32)23(30-21)29-19-8-6-16(7-9-19)25(33)31-35-22-3-1-2-12-34-22/h4-11,13-15,22,26H,1-3,12,27H2,(H,29,30)(H,31,33). The maximum Gasteiger partial charge on any atom is 0.274 e. The Kier molecular flexibility index (Phi) is 6.38. The van der Waals surface area contributed by atoms with E-state index in [2.05, 4.69) is 15.8 Å². The molecule has 0 spiro atoms. The van der Waals surface area contributed by atoms with Crippen LogP contribution in [0.1, 0.15) is 35.2 Å². The zero-order chi connectivity index (χ0) is 24.2. The number of nitrogens with two attached hydrogens (primary N) is 1. The zero-order valence-electron chi connectivity index (χ0n) is 18.9. The lowest BCUT2D eigenvalue weighted by atomic mass is 10.1. The molecule has 1 aliphatic rings. The number of nitrogen functional groups attached to an aromatic ring is 1. The number of imidazole rings is 1. The third-order valence-corrected chi connectivity index (χ3v) is 5.74. The highest BCUT2D eigenvalue weighted by atomic mass is 16.8. The van der Waals surface area contributed by atoms with Gasteiger partial charge in [-0.2, -0.15) is 0 Å². The molecule has 2 aromatic heterocycles. The van der Waals surface area contributed by atoms with Crippen LogP contribution < -0.4 is 16.5 Å². The summed E-state index contributed by atoms with van der Waals surface area (Å²) < 4.78 is 7.33. The van der Waals surface area contributed by atoms with Crippen molar-refractivity contribution < 1.29 is 14.4 Å². The van der Waals surface area contributed by atoms with Crippen molar-refractivity contribution in [1.82, 2.24) is 19.8 Å². The van der Waals surface area contributed by atoms with E-state index in [1.165, 1.54) is 6.21 Å². The number of benzene rings is 2. The van der Waals surface area contributed by atoms with Crippen LogP contribution in [0.15, 0.2) is 61.1 Å². The first-order valence-electron chi connectivity index (χ1n) is 11.3. The van der Waals surface area contributed by atoms with Crippen molar-refractivity contribution in [2.45, 2.75) is 25.6 Å². The second-order valence-corrected chi connectivity index (χ2v) is 8.17. The minimum atomic E-state index is -0.402. The maximum absolute atomic E-state index is 12.4. The molecule has 1 unspecified atom stereocenters. The number of carbonyl (C=O) groups excluding carboxylic acids is 1. The fourth-order valence-corrected chi connectivity index (χ4v) is 3.84. The van der Waals surface area contributed by atoms with Gasteiger partial charge in [0, 0.05) is 65.9 Å². The van der Waals surface area contributed by atoms with Gasteiger partial charge in [0.1, 0.15) is 0 Å². The number of aromatic nitrogens is 3. The highest BCUT2D eigenvalue weighted by molar-refractivity contribution is 5.94. The predicted octanol–water partition coefficient (Wildman–Crippen LogP) is 3.91. The molecule has 10 nitrogen and oxygen atoms in total. The highest BCUT2D eigenvalue weighted by Gasteiger charge is 2.16. The van der Waals surface area contributed by atoms with Crippen molar-refractivity contribution in [1.29, 1.82) is 5.41 Å². The van der Waals surface area contributed by atoms with Crippen molar-refractivity contribution in [2.24, 2.45) is 0 Å². The van der Waals surface area contributed by atoms with E-state index in [1.54, 1.807) is 42.6 Å². The average Bonchev–Trinajstić information content (AvgIpc) is 3.37. The molecule has 5 rings (SSSR count). The van der Waals surface area contributed by atoms with Crippen LogP contribution in [0.4, 0.5) is 17.2 Å². The summed E-state index contributed by atoms with van der Waals surface area (Å²) in [5.41, 5.74) is 13.1. The Bertz CT molecular complexity index is 1360. The van der Waals surface area contributed by atoms with Crippen LogP contribution in [0.25, 0.3) is 16.9 Å². The van der Waals surface area contributed by atoms with Gasteiger partial charge >= 0.3 is 0 Å². The molecular formula is C25H25N7O3. The number of fused-ring (bicyclic) bond motifs is 1. The van der Waals surface area contributed by atoms with Crippen LogP contribution in [0, 0.1) is 5.41 Å². The zero-order valence-corrected chi connectivity index (χ0v) is 18.9. The van der Waals surface area contributed by atoms with Crippen LogP contribution in [0.3, 0.4) is 0 Å². The topological polar surface area (TPSA) is 140 Å². The van der Waals surface area contributed by atoms with Crippen LogP contribution in [-0.2, 0) is 9.57 Å². The Balaban J connectivity index is 1.33. The average molecular weight is 472 g/mol. The summed E-state index contributed by atoms with van der Waals surface area (Å²) in [6.45, 7) is 0.641. The summed E-state index contributed by atoms with van der Waals surface area (Å²) in [4.78, 5) is 26.9. The molecule has 1 atom stereocenters.